The number of benzene rings is 1. The van der Waals surface area contributed by atoms with Gasteiger partial charge in [0.1, 0.15) is 5.60 Å². The molecule has 4 nitrogen and oxygen atoms in total. The van der Waals surface area contributed by atoms with E-state index in [1.807, 2.05) is 25.2 Å². The molecule has 0 atom stereocenters. The van der Waals surface area contributed by atoms with Crippen molar-refractivity contribution in [1.82, 2.24) is 0 Å². The van der Waals surface area contributed by atoms with Crippen LogP contribution in [0.5, 0.6) is 0 Å². The molecular formula is C13H16N2O2. The maximum absolute atomic E-state index is 11.8. The second-order valence-electron chi connectivity index (χ2n) is 4.70. The molecule has 0 aliphatic heterocycles. The second kappa shape index (κ2) is 4.88. The van der Waals surface area contributed by atoms with E-state index in [2.05, 4.69) is 0 Å². The molecule has 0 N–H and O–H groups in total. The van der Waals surface area contributed by atoms with Gasteiger partial charge in [0, 0.05) is 0 Å². The van der Waals surface area contributed by atoms with E-state index in [-0.39, 0.29) is 0 Å². The number of nitriles is 1. The fourth-order valence-electron chi connectivity index (χ4n) is 1.31. The lowest BCUT2D eigenvalue weighted by Crippen LogP contribution is -2.34. The van der Waals surface area contributed by atoms with E-state index in [4.69, 9.17) is 10.00 Å². The molecule has 1 rings (SSSR count). The Morgan fingerprint density at radius 3 is 2.41 bits per heavy atom. The Kier molecular flexibility index (Phi) is 3.74. The van der Waals surface area contributed by atoms with Crippen LogP contribution >= 0.6 is 0 Å². The highest BCUT2D eigenvalue weighted by Gasteiger charge is 2.24. The van der Waals surface area contributed by atoms with Gasteiger partial charge >= 0.3 is 6.09 Å². The average Bonchev–Trinajstić information content (AvgIpc) is 2.19. The van der Waals surface area contributed by atoms with Crippen LogP contribution in [0.15, 0.2) is 24.3 Å². The molecule has 0 heterocycles. The van der Waals surface area contributed by atoms with Crippen LogP contribution in [-0.2, 0) is 4.74 Å². The van der Waals surface area contributed by atoms with Gasteiger partial charge in [0.15, 0.2) is 6.19 Å². The molecule has 0 bridgehead atoms. The van der Waals surface area contributed by atoms with Crippen molar-refractivity contribution >= 4 is 11.8 Å². The number of aryl methyl sites for hydroxylation is 1. The monoisotopic (exact) mass is 232 g/mol. The van der Waals surface area contributed by atoms with Crippen molar-refractivity contribution < 1.29 is 9.53 Å². The number of carbonyl (C=O) groups excluding carboxylic acids is 1. The predicted molar refractivity (Wildman–Crippen MR) is 65.5 cm³/mol. The molecule has 0 aromatic heterocycles. The number of para-hydroxylation sites is 1. The summed E-state index contributed by atoms with van der Waals surface area (Å²) in [6.45, 7) is 7.12. The van der Waals surface area contributed by atoms with Gasteiger partial charge in [0.2, 0.25) is 0 Å². The van der Waals surface area contributed by atoms with Gasteiger partial charge in [-0.25, -0.2) is 4.79 Å². The minimum absolute atomic E-state index is 0.546. The summed E-state index contributed by atoms with van der Waals surface area (Å²) in [7, 11) is 0. The number of amides is 1. The minimum Gasteiger partial charge on any atom is -0.443 e. The lowest BCUT2D eigenvalue weighted by atomic mass is 10.2. The van der Waals surface area contributed by atoms with Crippen LogP contribution in [-0.4, -0.2) is 11.7 Å². The molecule has 0 saturated carbocycles. The lowest BCUT2D eigenvalue weighted by Gasteiger charge is -2.23. The van der Waals surface area contributed by atoms with Crippen LogP contribution in [0.25, 0.3) is 0 Å². The summed E-state index contributed by atoms with van der Waals surface area (Å²) in [5.74, 6) is 0. The summed E-state index contributed by atoms with van der Waals surface area (Å²) < 4.78 is 5.16. The molecule has 4 heteroatoms. The van der Waals surface area contributed by atoms with Gasteiger partial charge < -0.3 is 4.74 Å². The molecule has 1 aromatic rings. The van der Waals surface area contributed by atoms with Crippen LogP contribution in [0.1, 0.15) is 26.3 Å². The molecule has 0 aliphatic carbocycles. The van der Waals surface area contributed by atoms with Crippen molar-refractivity contribution in [2.24, 2.45) is 0 Å². The van der Waals surface area contributed by atoms with Crippen LogP contribution < -0.4 is 4.90 Å². The largest absolute Gasteiger partial charge is 0.443 e. The molecule has 0 spiro atoms. The number of carbonyl (C=O) groups is 1. The van der Waals surface area contributed by atoms with Crippen molar-refractivity contribution in [1.29, 1.82) is 5.26 Å². The smallest absolute Gasteiger partial charge is 0.428 e. The van der Waals surface area contributed by atoms with Gasteiger partial charge in [0.25, 0.3) is 0 Å². The van der Waals surface area contributed by atoms with Crippen LogP contribution in [0.2, 0.25) is 0 Å². The summed E-state index contributed by atoms with van der Waals surface area (Å²) in [5, 5.41) is 9.05. The predicted octanol–water partition coefficient (Wildman–Crippen LogP) is 3.22. The topological polar surface area (TPSA) is 53.3 Å². The van der Waals surface area contributed by atoms with E-state index >= 15 is 0 Å². The van der Waals surface area contributed by atoms with E-state index in [0.29, 0.717) is 5.69 Å². The highest BCUT2D eigenvalue weighted by Crippen LogP contribution is 2.21. The minimum atomic E-state index is -0.658. The van der Waals surface area contributed by atoms with Crippen molar-refractivity contribution in [3.05, 3.63) is 29.8 Å². The molecule has 0 aliphatic rings. The Morgan fingerprint density at radius 2 is 1.94 bits per heavy atom. The average molecular weight is 232 g/mol. The third-order valence-corrected chi connectivity index (χ3v) is 2.03. The summed E-state index contributed by atoms with van der Waals surface area (Å²) >= 11 is 0. The molecule has 0 fully saturated rings. The molecule has 0 saturated heterocycles. The zero-order chi connectivity index (χ0) is 13.1. The number of hydrogen-bond acceptors (Lipinski definition) is 3. The zero-order valence-corrected chi connectivity index (χ0v) is 10.5. The first kappa shape index (κ1) is 13.0. The fraction of sp³-hybridized carbons (Fsp3) is 0.385. The normalized spacial score (nSPS) is 10.5. The fourth-order valence-corrected chi connectivity index (χ4v) is 1.31. The quantitative estimate of drug-likeness (QED) is 0.551. The van der Waals surface area contributed by atoms with Crippen molar-refractivity contribution in [3.63, 3.8) is 0 Å². The van der Waals surface area contributed by atoms with Gasteiger partial charge in [-0.1, -0.05) is 18.2 Å². The van der Waals surface area contributed by atoms with E-state index in [1.54, 1.807) is 32.9 Å². The van der Waals surface area contributed by atoms with E-state index in [9.17, 15) is 4.79 Å². The maximum Gasteiger partial charge on any atom is 0.428 e. The Balaban J connectivity index is 2.98. The summed E-state index contributed by atoms with van der Waals surface area (Å²) in [6.07, 6.45) is 1.18. The Hall–Kier alpha value is -2.02. The molecular weight excluding hydrogens is 216 g/mol. The number of hydrogen-bond donors (Lipinski definition) is 0. The second-order valence-corrected chi connectivity index (χ2v) is 4.70. The summed E-state index contributed by atoms with van der Waals surface area (Å²) in [6, 6.07) is 7.17. The zero-order valence-electron chi connectivity index (χ0n) is 10.5. The van der Waals surface area contributed by atoms with E-state index in [0.717, 1.165) is 10.5 Å². The number of nitrogens with zero attached hydrogens (tertiary/aromatic N) is 2. The van der Waals surface area contributed by atoms with Crippen molar-refractivity contribution in [2.45, 2.75) is 33.3 Å². The third kappa shape index (κ3) is 3.49. The van der Waals surface area contributed by atoms with Gasteiger partial charge in [-0.2, -0.15) is 10.2 Å². The molecule has 0 unspecified atom stereocenters. The molecule has 90 valence electrons. The Bertz CT molecular complexity index is 455. The molecule has 1 amide bonds. The van der Waals surface area contributed by atoms with E-state index < -0.39 is 11.7 Å². The highest BCUT2D eigenvalue weighted by atomic mass is 16.6. The first-order valence-corrected chi connectivity index (χ1v) is 5.33. The third-order valence-electron chi connectivity index (χ3n) is 2.03. The van der Waals surface area contributed by atoms with Crippen molar-refractivity contribution in [3.8, 4) is 6.19 Å². The lowest BCUT2D eigenvalue weighted by molar-refractivity contribution is 0.0599. The standard InChI is InChI=1S/C13H16N2O2/c1-10-7-5-6-8-11(10)15(9-14)12(16)17-13(2,3)4/h5-8H,1-4H3. The van der Waals surface area contributed by atoms with Gasteiger partial charge in [-0.3, -0.25) is 0 Å². The van der Waals surface area contributed by atoms with Gasteiger partial charge in [-0.05, 0) is 39.3 Å². The molecule has 0 radical (unpaired) electrons. The van der Waals surface area contributed by atoms with E-state index in [1.165, 1.54) is 0 Å². The SMILES string of the molecule is Cc1ccccc1N(C#N)C(=O)OC(C)(C)C. The number of rotatable bonds is 1. The summed E-state index contributed by atoms with van der Waals surface area (Å²) in [5.41, 5.74) is 0.777. The summed E-state index contributed by atoms with van der Waals surface area (Å²) in [4.78, 5) is 12.8. The Labute approximate surface area is 101 Å². The van der Waals surface area contributed by atoms with Crippen LogP contribution in [0.3, 0.4) is 0 Å². The Morgan fingerprint density at radius 1 is 1.35 bits per heavy atom. The van der Waals surface area contributed by atoms with Crippen molar-refractivity contribution in [2.75, 3.05) is 4.90 Å². The van der Waals surface area contributed by atoms with Gasteiger partial charge in [-0.15, -0.1) is 0 Å². The van der Waals surface area contributed by atoms with Crippen LogP contribution in [0, 0.1) is 18.4 Å². The molecule has 1 aromatic carbocycles. The first-order chi connectivity index (χ1) is 7.85. The molecule has 17 heavy (non-hydrogen) atoms. The highest BCUT2D eigenvalue weighted by molar-refractivity contribution is 5.91. The maximum atomic E-state index is 11.8. The van der Waals surface area contributed by atoms with Crippen LogP contribution in [0.4, 0.5) is 10.5 Å². The number of anilines is 1. The van der Waals surface area contributed by atoms with Gasteiger partial charge in [0.05, 0.1) is 5.69 Å². The number of ether oxygens (including phenoxy) is 1. The first-order valence-electron chi connectivity index (χ1n) is 5.33.